The molecule has 104 valence electrons. The normalized spacial score (nSPS) is 17.5. The summed E-state index contributed by atoms with van der Waals surface area (Å²) in [4.78, 5) is 14.0. The van der Waals surface area contributed by atoms with Gasteiger partial charge in [0.05, 0.1) is 0 Å². The van der Waals surface area contributed by atoms with E-state index in [1.54, 1.807) is 0 Å². The average Bonchev–Trinajstić information content (AvgIpc) is 2.86. The second-order valence-electron chi connectivity index (χ2n) is 5.11. The number of carbonyl (C=O) groups is 1. The molecule has 0 bridgehead atoms. The fourth-order valence-corrected chi connectivity index (χ4v) is 3.23. The Hall–Kier alpha value is -1.58. The van der Waals surface area contributed by atoms with Gasteiger partial charge in [-0.25, -0.2) is 0 Å². The van der Waals surface area contributed by atoms with Gasteiger partial charge in [-0.15, -0.1) is 11.6 Å². The zero-order valence-electron chi connectivity index (χ0n) is 11.2. The van der Waals surface area contributed by atoms with Crippen LogP contribution < -0.4 is 10.6 Å². The third-order valence-electron chi connectivity index (χ3n) is 3.90. The van der Waals surface area contributed by atoms with Gasteiger partial charge in [-0.1, -0.05) is 30.3 Å². The molecule has 3 rings (SSSR count). The van der Waals surface area contributed by atoms with Crippen molar-refractivity contribution in [2.24, 2.45) is 5.73 Å². The van der Waals surface area contributed by atoms with Crippen LogP contribution in [0.1, 0.15) is 17.9 Å². The Morgan fingerprint density at radius 2 is 2.10 bits per heavy atom. The van der Waals surface area contributed by atoms with E-state index in [2.05, 4.69) is 18.2 Å². The molecule has 20 heavy (non-hydrogen) atoms. The van der Waals surface area contributed by atoms with Crippen molar-refractivity contribution in [3.05, 3.63) is 42.0 Å². The number of alkyl halides is 1. The molecule has 1 amide bonds. The largest absolute Gasteiger partial charge is 0.330 e. The second kappa shape index (κ2) is 5.43. The van der Waals surface area contributed by atoms with E-state index in [0.717, 1.165) is 5.69 Å². The maximum Gasteiger partial charge on any atom is 0.228 e. The average molecular weight is 289 g/mol. The topological polar surface area (TPSA) is 46.3 Å². The molecule has 2 N–H and O–H groups in total. The highest BCUT2D eigenvalue weighted by Gasteiger charge is 2.32. The van der Waals surface area contributed by atoms with Crippen molar-refractivity contribution >= 4 is 34.0 Å². The molecule has 0 saturated heterocycles. The van der Waals surface area contributed by atoms with Crippen LogP contribution in [0.15, 0.2) is 36.4 Å². The van der Waals surface area contributed by atoms with Crippen LogP contribution >= 0.6 is 11.6 Å². The standard InChI is InChI=1S/C16H17ClN2O/c17-9-12-10-19(15(20)7-8-18)14-6-5-11-3-1-2-4-13(11)16(12)14/h1-6,12H,7-10,18H2/t12-/m0/s1. The minimum atomic E-state index is 0.0802. The Labute approximate surface area is 123 Å². The van der Waals surface area contributed by atoms with Gasteiger partial charge in [0.1, 0.15) is 0 Å². The molecule has 3 nitrogen and oxygen atoms in total. The molecule has 4 heteroatoms. The summed E-state index contributed by atoms with van der Waals surface area (Å²) in [5.74, 6) is 0.795. The zero-order valence-corrected chi connectivity index (χ0v) is 11.9. The molecule has 1 atom stereocenters. The Morgan fingerprint density at radius 3 is 2.85 bits per heavy atom. The molecule has 2 aromatic rings. The highest BCUT2D eigenvalue weighted by Crippen LogP contribution is 2.41. The Bertz CT molecular complexity index is 656. The first-order valence-electron chi connectivity index (χ1n) is 6.84. The smallest absolute Gasteiger partial charge is 0.228 e. The fourth-order valence-electron chi connectivity index (χ4n) is 2.98. The Morgan fingerprint density at radius 1 is 1.30 bits per heavy atom. The lowest BCUT2D eigenvalue weighted by Gasteiger charge is -2.17. The monoisotopic (exact) mass is 288 g/mol. The molecule has 1 aliphatic rings. The van der Waals surface area contributed by atoms with Gasteiger partial charge in [-0.2, -0.15) is 0 Å². The van der Waals surface area contributed by atoms with Crippen LogP contribution in [0, 0.1) is 0 Å². The first-order valence-corrected chi connectivity index (χ1v) is 7.37. The van der Waals surface area contributed by atoms with Crippen LogP contribution in [0.4, 0.5) is 5.69 Å². The highest BCUT2D eigenvalue weighted by atomic mass is 35.5. The number of fused-ring (bicyclic) bond motifs is 3. The number of carbonyl (C=O) groups excluding carboxylic acids is 1. The van der Waals surface area contributed by atoms with E-state index in [4.69, 9.17) is 17.3 Å². The third-order valence-corrected chi connectivity index (χ3v) is 4.27. The van der Waals surface area contributed by atoms with Gasteiger partial charge in [0.2, 0.25) is 5.91 Å². The molecular formula is C16H17ClN2O. The predicted molar refractivity (Wildman–Crippen MR) is 83.4 cm³/mol. The van der Waals surface area contributed by atoms with Crippen LogP contribution in [0.2, 0.25) is 0 Å². The number of hydrogen-bond acceptors (Lipinski definition) is 2. The van der Waals surface area contributed by atoms with E-state index >= 15 is 0 Å². The summed E-state index contributed by atoms with van der Waals surface area (Å²) < 4.78 is 0. The van der Waals surface area contributed by atoms with Crippen molar-refractivity contribution in [1.29, 1.82) is 0 Å². The summed E-state index contributed by atoms with van der Waals surface area (Å²) in [6, 6.07) is 12.3. The number of nitrogens with two attached hydrogens (primary N) is 1. The summed E-state index contributed by atoms with van der Waals surface area (Å²) in [6.07, 6.45) is 0.376. The number of halogens is 1. The number of hydrogen-bond donors (Lipinski definition) is 1. The van der Waals surface area contributed by atoms with Gasteiger partial charge < -0.3 is 10.6 Å². The second-order valence-corrected chi connectivity index (χ2v) is 5.42. The molecule has 0 saturated carbocycles. The zero-order chi connectivity index (χ0) is 14.1. The minimum Gasteiger partial charge on any atom is -0.330 e. The van der Waals surface area contributed by atoms with E-state index < -0.39 is 0 Å². The summed E-state index contributed by atoms with van der Waals surface area (Å²) in [5.41, 5.74) is 7.69. The van der Waals surface area contributed by atoms with Crippen LogP contribution in [0.25, 0.3) is 10.8 Å². The van der Waals surface area contributed by atoms with Gasteiger partial charge in [-0.3, -0.25) is 4.79 Å². The number of nitrogens with zero attached hydrogens (tertiary/aromatic N) is 1. The molecule has 1 heterocycles. The number of anilines is 1. The number of benzene rings is 2. The van der Waals surface area contributed by atoms with Gasteiger partial charge in [0, 0.05) is 37.0 Å². The highest BCUT2D eigenvalue weighted by molar-refractivity contribution is 6.19. The summed E-state index contributed by atoms with van der Waals surface area (Å²) in [5, 5.41) is 2.38. The van der Waals surface area contributed by atoms with E-state index in [0.29, 0.717) is 25.4 Å². The lowest BCUT2D eigenvalue weighted by atomic mass is 9.96. The third kappa shape index (κ3) is 2.07. The van der Waals surface area contributed by atoms with Crippen LogP contribution in [0.5, 0.6) is 0 Å². The molecule has 2 aromatic carbocycles. The number of amides is 1. The van der Waals surface area contributed by atoms with Crippen molar-refractivity contribution in [2.45, 2.75) is 12.3 Å². The Kier molecular flexibility index (Phi) is 3.64. The van der Waals surface area contributed by atoms with Crippen LogP contribution in [0.3, 0.4) is 0 Å². The molecule has 0 aromatic heterocycles. The van der Waals surface area contributed by atoms with Crippen LogP contribution in [-0.2, 0) is 4.79 Å². The fraction of sp³-hybridized carbons (Fsp3) is 0.312. The van der Waals surface area contributed by atoms with E-state index in [1.807, 2.05) is 23.1 Å². The molecule has 0 spiro atoms. The van der Waals surface area contributed by atoms with Gasteiger partial charge in [0.15, 0.2) is 0 Å². The summed E-state index contributed by atoms with van der Waals surface area (Å²) >= 11 is 6.12. The molecule has 0 fully saturated rings. The predicted octanol–water partition coefficient (Wildman–Crippen LogP) is 2.86. The van der Waals surface area contributed by atoms with Gasteiger partial charge in [-0.05, 0) is 22.4 Å². The van der Waals surface area contributed by atoms with Crippen molar-refractivity contribution < 1.29 is 4.79 Å². The lowest BCUT2D eigenvalue weighted by molar-refractivity contribution is -0.118. The SMILES string of the molecule is NCCC(=O)N1C[C@H](CCl)c2c1ccc1ccccc21. The molecular weight excluding hydrogens is 272 g/mol. The Balaban J connectivity index is 2.14. The molecule has 0 aliphatic carbocycles. The van der Waals surface area contributed by atoms with E-state index in [9.17, 15) is 4.79 Å². The van der Waals surface area contributed by atoms with Gasteiger partial charge >= 0.3 is 0 Å². The van der Waals surface area contributed by atoms with Crippen molar-refractivity contribution in [3.8, 4) is 0 Å². The maximum atomic E-state index is 12.2. The maximum absolute atomic E-state index is 12.2. The quantitative estimate of drug-likeness (QED) is 0.883. The summed E-state index contributed by atoms with van der Waals surface area (Å²) in [6.45, 7) is 1.04. The number of rotatable bonds is 3. The first-order chi connectivity index (χ1) is 9.76. The molecule has 0 unspecified atom stereocenters. The lowest BCUT2D eigenvalue weighted by Crippen LogP contribution is -2.31. The molecule has 0 radical (unpaired) electrons. The molecule has 1 aliphatic heterocycles. The van der Waals surface area contributed by atoms with Crippen molar-refractivity contribution in [3.63, 3.8) is 0 Å². The van der Waals surface area contributed by atoms with E-state index in [-0.39, 0.29) is 11.8 Å². The van der Waals surface area contributed by atoms with Crippen molar-refractivity contribution in [2.75, 3.05) is 23.9 Å². The summed E-state index contributed by atoms with van der Waals surface area (Å²) in [7, 11) is 0. The van der Waals surface area contributed by atoms with Crippen LogP contribution in [-0.4, -0.2) is 24.9 Å². The van der Waals surface area contributed by atoms with E-state index in [1.165, 1.54) is 16.3 Å². The van der Waals surface area contributed by atoms with Gasteiger partial charge in [0.25, 0.3) is 0 Å². The van der Waals surface area contributed by atoms with Crippen molar-refractivity contribution in [1.82, 2.24) is 0 Å². The minimum absolute atomic E-state index is 0.0802. The first kappa shape index (κ1) is 13.4.